The number of aromatic nitrogens is 2. The molecule has 0 aromatic carbocycles. The molecule has 1 aromatic rings. The molecule has 0 spiro atoms. The molecule has 6 N–H and O–H groups in total. The first kappa shape index (κ1) is 17.8. The highest BCUT2D eigenvalue weighted by molar-refractivity contribution is 5.08. The van der Waals surface area contributed by atoms with Crippen LogP contribution in [0.1, 0.15) is 17.5 Å². The molecule has 0 saturated carbocycles. The Morgan fingerprint density at radius 1 is 0.952 bits per heavy atom. The normalized spacial score (nSPS) is 18.8. The monoisotopic (exact) mass is 306 g/mol. The number of aliphatic hydroxyl groups is 6. The standard InChI is InChI=1S/C12H19FN2O6/c13-2-9(18)12(21)11(20)7-4-14-6(3-15-7)1-8(17)10(19)5-16/h3-4,8-12,16-21H,1-2,5H2/t8-,9+,10+,11+,12+/m0/s1. The molecule has 0 aliphatic carbocycles. The number of hydrogen-bond acceptors (Lipinski definition) is 8. The van der Waals surface area contributed by atoms with Gasteiger partial charge in [0.25, 0.3) is 0 Å². The predicted octanol–water partition coefficient (Wildman–Crippen LogP) is -2.54. The molecule has 120 valence electrons. The molecule has 1 aromatic heterocycles. The molecular weight excluding hydrogens is 287 g/mol. The van der Waals surface area contributed by atoms with Gasteiger partial charge in [-0.3, -0.25) is 9.97 Å². The van der Waals surface area contributed by atoms with Crippen LogP contribution in [-0.4, -0.2) is 78.3 Å². The number of halogens is 1. The van der Waals surface area contributed by atoms with Crippen LogP contribution < -0.4 is 0 Å². The number of nitrogens with zero attached hydrogens (tertiary/aromatic N) is 2. The van der Waals surface area contributed by atoms with Crippen molar-refractivity contribution in [1.82, 2.24) is 9.97 Å². The number of hydrogen-bond donors (Lipinski definition) is 6. The molecular formula is C12H19FN2O6. The molecule has 0 amide bonds. The van der Waals surface area contributed by atoms with Crippen molar-refractivity contribution in [3.05, 3.63) is 23.8 Å². The van der Waals surface area contributed by atoms with E-state index in [1.165, 1.54) is 6.20 Å². The summed E-state index contributed by atoms with van der Waals surface area (Å²) in [5, 5.41) is 55.6. The highest BCUT2D eigenvalue weighted by atomic mass is 19.1. The maximum absolute atomic E-state index is 12.2. The molecule has 5 atom stereocenters. The van der Waals surface area contributed by atoms with Gasteiger partial charge in [0.2, 0.25) is 0 Å². The van der Waals surface area contributed by atoms with Crippen LogP contribution in [0.15, 0.2) is 12.4 Å². The van der Waals surface area contributed by atoms with Crippen molar-refractivity contribution in [3.8, 4) is 0 Å². The Kier molecular flexibility index (Phi) is 7.02. The second kappa shape index (κ2) is 8.27. The van der Waals surface area contributed by atoms with Crippen LogP contribution in [0.3, 0.4) is 0 Å². The quantitative estimate of drug-likeness (QED) is 0.308. The zero-order valence-corrected chi connectivity index (χ0v) is 11.1. The van der Waals surface area contributed by atoms with Crippen LogP contribution >= 0.6 is 0 Å². The first-order valence-corrected chi connectivity index (χ1v) is 6.28. The van der Waals surface area contributed by atoms with Crippen molar-refractivity contribution in [2.24, 2.45) is 0 Å². The van der Waals surface area contributed by atoms with Gasteiger partial charge in [-0.1, -0.05) is 0 Å². The Hall–Kier alpha value is -1.23. The van der Waals surface area contributed by atoms with Crippen LogP contribution in [0, 0.1) is 0 Å². The molecule has 0 bridgehead atoms. The fourth-order valence-corrected chi connectivity index (χ4v) is 1.57. The fraction of sp³-hybridized carbons (Fsp3) is 0.667. The van der Waals surface area contributed by atoms with E-state index in [1.54, 1.807) is 0 Å². The Morgan fingerprint density at radius 2 is 1.62 bits per heavy atom. The molecule has 1 rings (SSSR count). The van der Waals surface area contributed by atoms with Crippen molar-refractivity contribution >= 4 is 0 Å². The summed E-state index contributed by atoms with van der Waals surface area (Å²) in [6.07, 6.45) is -5.38. The summed E-state index contributed by atoms with van der Waals surface area (Å²) < 4.78 is 12.2. The minimum Gasteiger partial charge on any atom is -0.394 e. The second-order valence-electron chi connectivity index (χ2n) is 4.61. The number of rotatable bonds is 8. The zero-order chi connectivity index (χ0) is 16.0. The fourth-order valence-electron chi connectivity index (χ4n) is 1.57. The number of alkyl halides is 1. The summed E-state index contributed by atoms with van der Waals surface area (Å²) in [5.74, 6) is 0. The van der Waals surface area contributed by atoms with Crippen molar-refractivity contribution in [2.45, 2.75) is 36.9 Å². The van der Waals surface area contributed by atoms with E-state index in [9.17, 15) is 24.8 Å². The highest BCUT2D eigenvalue weighted by Crippen LogP contribution is 2.17. The lowest BCUT2D eigenvalue weighted by atomic mass is 10.1. The Balaban J connectivity index is 2.69. The van der Waals surface area contributed by atoms with E-state index in [-0.39, 0.29) is 17.8 Å². The predicted molar refractivity (Wildman–Crippen MR) is 67.8 cm³/mol. The lowest BCUT2D eigenvalue weighted by molar-refractivity contribution is -0.0691. The van der Waals surface area contributed by atoms with Crippen LogP contribution in [0.5, 0.6) is 0 Å². The third-order valence-electron chi connectivity index (χ3n) is 2.95. The average molecular weight is 306 g/mol. The van der Waals surface area contributed by atoms with Crippen LogP contribution in [0.2, 0.25) is 0 Å². The van der Waals surface area contributed by atoms with E-state index < -0.39 is 43.8 Å². The van der Waals surface area contributed by atoms with E-state index in [1.807, 2.05) is 0 Å². The van der Waals surface area contributed by atoms with Gasteiger partial charge in [-0.2, -0.15) is 0 Å². The highest BCUT2D eigenvalue weighted by Gasteiger charge is 2.27. The van der Waals surface area contributed by atoms with Gasteiger partial charge in [0, 0.05) is 12.6 Å². The summed E-state index contributed by atoms with van der Waals surface area (Å²) >= 11 is 0. The number of aliphatic hydroxyl groups excluding tert-OH is 6. The van der Waals surface area contributed by atoms with Crippen molar-refractivity contribution < 1.29 is 35.0 Å². The van der Waals surface area contributed by atoms with Gasteiger partial charge in [-0.05, 0) is 0 Å². The minimum absolute atomic E-state index is 0.0687. The third kappa shape index (κ3) is 4.92. The Bertz CT molecular complexity index is 421. The molecule has 0 saturated heterocycles. The maximum Gasteiger partial charge on any atom is 0.126 e. The second-order valence-corrected chi connectivity index (χ2v) is 4.61. The van der Waals surface area contributed by atoms with E-state index in [2.05, 4.69) is 9.97 Å². The van der Waals surface area contributed by atoms with Gasteiger partial charge in [0.1, 0.15) is 31.1 Å². The van der Waals surface area contributed by atoms with Gasteiger partial charge in [0.15, 0.2) is 0 Å². The molecule has 0 radical (unpaired) electrons. The molecule has 9 heteroatoms. The summed E-state index contributed by atoms with van der Waals surface area (Å²) in [6.45, 7) is -1.81. The minimum atomic E-state index is -1.74. The van der Waals surface area contributed by atoms with Crippen molar-refractivity contribution in [3.63, 3.8) is 0 Å². The zero-order valence-electron chi connectivity index (χ0n) is 11.1. The van der Waals surface area contributed by atoms with Crippen molar-refractivity contribution in [2.75, 3.05) is 13.3 Å². The van der Waals surface area contributed by atoms with E-state index in [4.69, 9.17) is 10.2 Å². The summed E-state index contributed by atoms with van der Waals surface area (Å²) in [5.41, 5.74) is 0.211. The molecule has 21 heavy (non-hydrogen) atoms. The van der Waals surface area contributed by atoms with Gasteiger partial charge in [-0.25, -0.2) is 4.39 Å². The first-order valence-electron chi connectivity index (χ1n) is 6.28. The van der Waals surface area contributed by atoms with Gasteiger partial charge < -0.3 is 30.6 Å². The third-order valence-corrected chi connectivity index (χ3v) is 2.95. The van der Waals surface area contributed by atoms with E-state index >= 15 is 0 Å². The first-order chi connectivity index (χ1) is 9.90. The molecule has 8 nitrogen and oxygen atoms in total. The average Bonchev–Trinajstić information content (AvgIpc) is 2.52. The topological polar surface area (TPSA) is 147 Å². The van der Waals surface area contributed by atoms with E-state index in [0.29, 0.717) is 0 Å². The van der Waals surface area contributed by atoms with Gasteiger partial charge in [0.05, 0.1) is 30.3 Å². The molecule has 0 aliphatic heterocycles. The van der Waals surface area contributed by atoms with Gasteiger partial charge in [-0.15, -0.1) is 0 Å². The summed E-state index contributed by atoms with van der Waals surface area (Å²) in [4.78, 5) is 7.66. The molecule has 1 heterocycles. The Morgan fingerprint density at radius 3 is 2.10 bits per heavy atom. The summed E-state index contributed by atoms with van der Waals surface area (Å²) in [6, 6.07) is 0. The molecule has 0 fully saturated rings. The smallest absolute Gasteiger partial charge is 0.126 e. The van der Waals surface area contributed by atoms with Crippen LogP contribution in [0.25, 0.3) is 0 Å². The van der Waals surface area contributed by atoms with Crippen LogP contribution in [-0.2, 0) is 6.42 Å². The maximum atomic E-state index is 12.2. The SMILES string of the molecule is OC[C@@H](O)[C@@H](O)Cc1cnc([C@@H](O)[C@H](O)[C@H](O)CF)cn1. The largest absolute Gasteiger partial charge is 0.394 e. The molecule has 0 unspecified atom stereocenters. The lowest BCUT2D eigenvalue weighted by Gasteiger charge is -2.20. The lowest BCUT2D eigenvalue weighted by Crippen LogP contribution is -2.34. The van der Waals surface area contributed by atoms with Gasteiger partial charge >= 0.3 is 0 Å². The van der Waals surface area contributed by atoms with Crippen LogP contribution in [0.4, 0.5) is 4.39 Å². The van der Waals surface area contributed by atoms with Crippen molar-refractivity contribution in [1.29, 1.82) is 0 Å². The molecule has 0 aliphatic rings. The summed E-state index contributed by atoms with van der Waals surface area (Å²) in [7, 11) is 0. The Labute approximate surface area is 120 Å². The van der Waals surface area contributed by atoms with E-state index in [0.717, 1.165) is 6.20 Å².